The molecule has 0 radical (unpaired) electrons. The summed E-state index contributed by atoms with van der Waals surface area (Å²) in [5.74, 6) is -0.0536. The Morgan fingerprint density at radius 3 is 2.48 bits per heavy atom. The van der Waals surface area contributed by atoms with E-state index >= 15 is 0 Å². The number of benzene rings is 2. The number of anilines is 1. The number of hydrogen-bond acceptors (Lipinski definition) is 6. The fourth-order valence-electron chi connectivity index (χ4n) is 4.19. The predicted molar refractivity (Wildman–Crippen MR) is 98.9 cm³/mol. The van der Waals surface area contributed by atoms with Crippen LogP contribution in [-0.4, -0.2) is 15.0 Å². The number of hydrogen-bond donors (Lipinski definition) is 2. The molecule has 0 aromatic heterocycles. The highest BCUT2D eigenvalue weighted by molar-refractivity contribution is 5.68. The van der Waals surface area contributed by atoms with Crippen LogP contribution in [0.1, 0.15) is 35.1 Å². The van der Waals surface area contributed by atoms with Gasteiger partial charge in [-0.05, 0) is 36.5 Å². The third-order valence-electron chi connectivity index (χ3n) is 5.42. The van der Waals surface area contributed by atoms with E-state index in [1.54, 1.807) is 13.0 Å². The number of phenolic OH excluding ortho intramolecular Hbond substituents is 1. The van der Waals surface area contributed by atoms with E-state index in [1.807, 2.05) is 12.2 Å². The van der Waals surface area contributed by atoms with Gasteiger partial charge in [0.15, 0.2) is 0 Å². The van der Waals surface area contributed by atoms with Crippen molar-refractivity contribution >= 4 is 17.1 Å². The monoisotopic (exact) mass is 367 g/mol. The maximum atomic E-state index is 11.2. The molecule has 2 aromatic carbocycles. The first kappa shape index (κ1) is 17.0. The van der Waals surface area contributed by atoms with Crippen LogP contribution in [0.5, 0.6) is 5.75 Å². The van der Waals surface area contributed by atoms with Crippen molar-refractivity contribution in [2.75, 3.05) is 5.32 Å². The van der Waals surface area contributed by atoms with E-state index in [-0.39, 0.29) is 35.0 Å². The van der Waals surface area contributed by atoms with Crippen LogP contribution in [0.3, 0.4) is 0 Å². The second kappa shape index (κ2) is 6.08. The highest BCUT2D eigenvalue weighted by Crippen LogP contribution is 2.52. The molecule has 138 valence electrons. The maximum Gasteiger partial charge on any atom is 0.270 e. The van der Waals surface area contributed by atoms with E-state index in [2.05, 4.69) is 5.32 Å². The third kappa shape index (κ3) is 2.69. The maximum absolute atomic E-state index is 11.2. The lowest BCUT2D eigenvalue weighted by Gasteiger charge is -2.38. The summed E-state index contributed by atoms with van der Waals surface area (Å²) in [6, 6.07) is 6.77. The van der Waals surface area contributed by atoms with Gasteiger partial charge in [0.05, 0.1) is 15.9 Å². The van der Waals surface area contributed by atoms with E-state index in [9.17, 15) is 25.3 Å². The first-order valence-corrected chi connectivity index (χ1v) is 8.56. The molecule has 8 nitrogen and oxygen atoms in total. The fourth-order valence-corrected chi connectivity index (χ4v) is 4.19. The Morgan fingerprint density at radius 1 is 1.07 bits per heavy atom. The van der Waals surface area contributed by atoms with Crippen LogP contribution in [0.4, 0.5) is 17.1 Å². The van der Waals surface area contributed by atoms with E-state index in [0.29, 0.717) is 12.0 Å². The van der Waals surface area contributed by atoms with Crippen molar-refractivity contribution in [1.29, 1.82) is 0 Å². The van der Waals surface area contributed by atoms with Gasteiger partial charge in [-0.1, -0.05) is 12.2 Å². The molecule has 2 N–H and O–H groups in total. The van der Waals surface area contributed by atoms with Gasteiger partial charge in [0.2, 0.25) is 0 Å². The van der Waals surface area contributed by atoms with E-state index in [0.717, 1.165) is 16.8 Å². The summed E-state index contributed by atoms with van der Waals surface area (Å²) in [6.07, 6.45) is 4.75. The summed E-state index contributed by atoms with van der Waals surface area (Å²) in [5.41, 5.74) is 2.78. The lowest BCUT2D eigenvalue weighted by atomic mass is 9.76. The van der Waals surface area contributed by atoms with Crippen LogP contribution in [0.25, 0.3) is 0 Å². The van der Waals surface area contributed by atoms with Gasteiger partial charge in [0.25, 0.3) is 11.4 Å². The second-order valence-electron chi connectivity index (χ2n) is 6.96. The molecular weight excluding hydrogens is 350 g/mol. The number of nitrogens with zero attached hydrogens (tertiary/aromatic N) is 2. The first-order valence-electron chi connectivity index (χ1n) is 8.56. The Bertz CT molecular complexity index is 1000. The minimum absolute atomic E-state index is 0.00630. The van der Waals surface area contributed by atoms with Crippen molar-refractivity contribution < 1.29 is 15.0 Å². The lowest BCUT2D eigenvalue weighted by molar-refractivity contribution is -0.385. The normalized spacial score (nSPS) is 22.6. The Kier molecular flexibility index (Phi) is 3.83. The zero-order chi connectivity index (χ0) is 19.3. The van der Waals surface area contributed by atoms with Crippen molar-refractivity contribution in [3.05, 3.63) is 79.4 Å². The Balaban J connectivity index is 1.85. The van der Waals surface area contributed by atoms with Crippen LogP contribution >= 0.6 is 0 Å². The van der Waals surface area contributed by atoms with Gasteiger partial charge in [-0.2, -0.15) is 0 Å². The minimum atomic E-state index is -0.487. The molecule has 3 unspecified atom stereocenters. The number of nitrogens with one attached hydrogen (secondary N) is 1. The fraction of sp³-hybridized carbons (Fsp3) is 0.263. The molecule has 1 aliphatic heterocycles. The molecule has 0 bridgehead atoms. The number of non-ortho nitro benzene ring substituents is 2. The Hall–Kier alpha value is -3.42. The van der Waals surface area contributed by atoms with Crippen molar-refractivity contribution in [2.45, 2.75) is 25.3 Å². The molecule has 2 aliphatic rings. The molecule has 0 fully saturated rings. The molecule has 0 spiro atoms. The zero-order valence-electron chi connectivity index (χ0n) is 14.5. The summed E-state index contributed by atoms with van der Waals surface area (Å²) in [6.45, 7) is 1.79. The van der Waals surface area contributed by atoms with Crippen LogP contribution in [-0.2, 0) is 0 Å². The molecule has 1 aliphatic carbocycles. The summed E-state index contributed by atoms with van der Waals surface area (Å²) < 4.78 is 0. The average molecular weight is 367 g/mol. The van der Waals surface area contributed by atoms with Gasteiger partial charge in [-0.15, -0.1) is 0 Å². The van der Waals surface area contributed by atoms with Crippen molar-refractivity contribution in [3.63, 3.8) is 0 Å². The molecule has 0 amide bonds. The van der Waals surface area contributed by atoms with Gasteiger partial charge in [-0.3, -0.25) is 20.2 Å². The lowest BCUT2D eigenvalue weighted by Crippen LogP contribution is -2.29. The van der Waals surface area contributed by atoms with Gasteiger partial charge >= 0.3 is 0 Å². The number of nitro benzene ring substituents is 2. The number of nitro groups is 2. The van der Waals surface area contributed by atoms with E-state index < -0.39 is 9.85 Å². The number of fused-ring (bicyclic) bond motifs is 3. The third-order valence-corrected chi connectivity index (χ3v) is 5.42. The molecule has 27 heavy (non-hydrogen) atoms. The average Bonchev–Trinajstić information content (AvgIpc) is 3.11. The number of phenols is 1. The summed E-state index contributed by atoms with van der Waals surface area (Å²) in [7, 11) is 0. The van der Waals surface area contributed by atoms with Gasteiger partial charge < -0.3 is 10.4 Å². The van der Waals surface area contributed by atoms with E-state index in [4.69, 9.17) is 0 Å². The first-order chi connectivity index (χ1) is 12.9. The largest absolute Gasteiger partial charge is 0.508 e. The molecule has 4 rings (SSSR count). The zero-order valence-corrected chi connectivity index (χ0v) is 14.5. The molecule has 8 heteroatoms. The minimum Gasteiger partial charge on any atom is -0.508 e. The molecule has 2 aromatic rings. The smallest absolute Gasteiger partial charge is 0.270 e. The van der Waals surface area contributed by atoms with E-state index in [1.165, 1.54) is 24.3 Å². The Labute approximate surface area is 154 Å². The summed E-state index contributed by atoms with van der Waals surface area (Å²) in [5, 5.41) is 36.1. The predicted octanol–water partition coefficient (Wildman–Crippen LogP) is 4.34. The quantitative estimate of drug-likeness (QED) is 0.473. The molecule has 0 saturated carbocycles. The van der Waals surface area contributed by atoms with Gasteiger partial charge in [-0.25, -0.2) is 0 Å². The van der Waals surface area contributed by atoms with Crippen molar-refractivity contribution in [3.8, 4) is 5.75 Å². The number of allylic oxidation sites excluding steroid dienone is 2. The molecular formula is C19H17N3O5. The van der Waals surface area contributed by atoms with Crippen LogP contribution in [0, 0.1) is 33.1 Å². The van der Waals surface area contributed by atoms with Crippen molar-refractivity contribution in [2.24, 2.45) is 5.92 Å². The SMILES string of the molecule is Cc1cc([N+](=O)[O-])cc2c1NC(c1cc([N+](=O)[O-])ccc1O)C1CC=CC21. The molecule has 3 atom stereocenters. The second-order valence-corrected chi connectivity index (χ2v) is 6.96. The summed E-state index contributed by atoms with van der Waals surface area (Å²) >= 11 is 0. The standard InChI is InChI=1S/C19H17N3O5/c1-10-7-12(22(26)27)9-15-13-3-2-4-14(13)19(20-18(10)15)16-8-11(21(24)25)5-6-17(16)23/h2-3,5-9,13-14,19-20,23H,4H2,1H3. The van der Waals surface area contributed by atoms with Crippen LogP contribution in [0.2, 0.25) is 0 Å². The van der Waals surface area contributed by atoms with Crippen molar-refractivity contribution in [1.82, 2.24) is 0 Å². The molecule has 1 heterocycles. The number of rotatable bonds is 3. The van der Waals surface area contributed by atoms with Gasteiger partial charge in [0, 0.05) is 41.4 Å². The molecule has 0 saturated heterocycles. The summed E-state index contributed by atoms with van der Waals surface area (Å²) in [4.78, 5) is 21.5. The Morgan fingerprint density at radius 2 is 1.78 bits per heavy atom. The van der Waals surface area contributed by atoms with Crippen LogP contribution < -0.4 is 5.32 Å². The number of aryl methyl sites for hydroxylation is 1. The topological polar surface area (TPSA) is 119 Å². The number of aromatic hydroxyl groups is 1. The van der Waals surface area contributed by atoms with Gasteiger partial charge in [0.1, 0.15) is 5.75 Å². The highest BCUT2D eigenvalue weighted by Gasteiger charge is 2.40. The van der Waals surface area contributed by atoms with Crippen LogP contribution in [0.15, 0.2) is 42.5 Å². The highest BCUT2D eigenvalue weighted by atomic mass is 16.6.